The third-order valence-electron chi connectivity index (χ3n) is 2.41. The lowest BCUT2D eigenvalue weighted by Gasteiger charge is -2.11. The summed E-state index contributed by atoms with van der Waals surface area (Å²) in [6, 6.07) is 7.21. The zero-order valence-electron chi connectivity index (χ0n) is 9.56. The minimum atomic E-state index is -0.833. The molecular formula is C12H17NO3. The Morgan fingerprint density at radius 3 is 2.81 bits per heavy atom. The third-order valence-corrected chi connectivity index (χ3v) is 2.41. The van der Waals surface area contributed by atoms with Gasteiger partial charge in [-0.05, 0) is 25.0 Å². The predicted molar refractivity (Wildman–Crippen MR) is 61.8 cm³/mol. The van der Waals surface area contributed by atoms with Gasteiger partial charge in [-0.3, -0.25) is 4.79 Å². The SMILES string of the molecule is COc1ccccc1CCNC(C)C(=O)O. The molecule has 0 heterocycles. The third kappa shape index (κ3) is 3.55. The standard InChI is InChI=1S/C12H17NO3/c1-9(12(14)15)13-8-7-10-5-3-4-6-11(10)16-2/h3-6,9,13H,7-8H2,1-2H3,(H,14,15). The van der Waals surface area contributed by atoms with Crippen LogP contribution in [-0.2, 0) is 11.2 Å². The van der Waals surface area contributed by atoms with Gasteiger partial charge >= 0.3 is 5.97 Å². The van der Waals surface area contributed by atoms with Gasteiger partial charge in [0.25, 0.3) is 0 Å². The van der Waals surface area contributed by atoms with Gasteiger partial charge in [0.15, 0.2) is 0 Å². The van der Waals surface area contributed by atoms with E-state index in [2.05, 4.69) is 5.32 Å². The number of carboxylic acid groups (broad SMARTS) is 1. The first-order valence-electron chi connectivity index (χ1n) is 5.23. The number of carboxylic acids is 1. The van der Waals surface area contributed by atoms with Crippen LogP contribution < -0.4 is 10.1 Å². The van der Waals surface area contributed by atoms with Crippen LogP contribution in [0.4, 0.5) is 0 Å². The largest absolute Gasteiger partial charge is 0.496 e. The molecule has 4 heteroatoms. The number of nitrogens with one attached hydrogen (secondary N) is 1. The minimum absolute atomic E-state index is 0.519. The Labute approximate surface area is 95.2 Å². The molecule has 0 radical (unpaired) electrons. The maximum atomic E-state index is 10.6. The van der Waals surface area contributed by atoms with E-state index in [1.807, 2.05) is 24.3 Å². The Bertz CT molecular complexity index is 352. The topological polar surface area (TPSA) is 58.6 Å². The normalized spacial score (nSPS) is 12.1. The summed E-state index contributed by atoms with van der Waals surface area (Å²) in [5.41, 5.74) is 1.08. The molecule has 1 rings (SSSR count). The fourth-order valence-corrected chi connectivity index (χ4v) is 1.42. The number of methoxy groups -OCH3 is 1. The lowest BCUT2D eigenvalue weighted by molar-refractivity contribution is -0.138. The molecule has 0 saturated heterocycles. The van der Waals surface area contributed by atoms with Crippen molar-refractivity contribution in [1.29, 1.82) is 0 Å². The molecule has 0 amide bonds. The molecule has 0 aliphatic heterocycles. The molecule has 16 heavy (non-hydrogen) atoms. The van der Waals surface area contributed by atoms with Gasteiger partial charge < -0.3 is 15.2 Å². The van der Waals surface area contributed by atoms with Crippen LogP contribution in [-0.4, -0.2) is 30.8 Å². The van der Waals surface area contributed by atoms with Gasteiger partial charge in [-0.15, -0.1) is 0 Å². The maximum Gasteiger partial charge on any atom is 0.320 e. The van der Waals surface area contributed by atoms with E-state index in [0.29, 0.717) is 6.54 Å². The summed E-state index contributed by atoms with van der Waals surface area (Å²) in [4.78, 5) is 10.6. The van der Waals surface area contributed by atoms with Crippen LogP contribution in [0.15, 0.2) is 24.3 Å². The molecule has 88 valence electrons. The van der Waals surface area contributed by atoms with Crippen molar-refractivity contribution < 1.29 is 14.6 Å². The molecule has 0 bridgehead atoms. The number of aliphatic carboxylic acids is 1. The first-order valence-corrected chi connectivity index (χ1v) is 5.23. The van der Waals surface area contributed by atoms with Crippen molar-refractivity contribution in [1.82, 2.24) is 5.32 Å². The number of hydrogen-bond donors (Lipinski definition) is 2. The summed E-state index contributed by atoms with van der Waals surface area (Å²) in [6.45, 7) is 2.25. The summed E-state index contributed by atoms with van der Waals surface area (Å²) in [7, 11) is 1.63. The number of benzene rings is 1. The molecule has 4 nitrogen and oxygen atoms in total. The van der Waals surface area contributed by atoms with Gasteiger partial charge in [-0.25, -0.2) is 0 Å². The Kier molecular flexibility index (Phi) is 4.79. The van der Waals surface area contributed by atoms with Gasteiger partial charge in [-0.1, -0.05) is 18.2 Å². The number of ether oxygens (including phenoxy) is 1. The minimum Gasteiger partial charge on any atom is -0.496 e. The van der Waals surface area contributed by atoms with Crippen LogP contribution in [0.5, 0.6) is 5.75 Å². The summed E-state index contributed by atoms with van der Waals surface area (Å²) in [5, 5.41) is 11.6. The van der Waals surface area contributed by atoms with Crippen molar-refractivity contribution in [3.63, 3.8) is 0 Å². The van der Waals surface area contributed by atoms with Gasteiger partial charge in [0.05, 0.1) is 7.11 Å². The zero-order chi connectivity index (χ0) is 12.0. The average Bonchev–Trinajstić information content (AvgIpc) is 2.29. The van der Waals surface area contributed by atoms with Crippen LogP contribution in [0.3, 0.4) is 0 Å². The molecule has 0 spiro atoms. The Hall–Kier alpha value is -1.55. The van der Waals surface area contributed by atoms with Gasteiger partial charge in [0, 0.05) is 6.54 Å². The molecule has 0 fully saturated rings. The zero-order valence-corrected chi connectivity index (χ0v) is 9.56. The van der Waals surface area contributed by atoms with Crippen LogP contribution in [0.25, 0.3) is 0 Å². The summed E-state index contributed by atoms with van der Waals surface area (Å²) >= 11 is 0. The van der Waals surface area contributed by atoms with E-state index >= 15 is 0 Å². The van der Waals surface area contributed by atoms with E-state index < -0.39 is 12.0 Å². The van der Waals surface area contributed by atoms with Crippen molar-refractivity contribution in [2.24, 2.45) is 0 Å². The highest BCUT2D eigenvalue weighted by Gasteiger charge is 2.09. The molecule has 0 aromatic heterocycles. The molecule has 1 unspecified atom stereocenters. The van der Waals surface area contributed by atoms with Crippen LogP contribution in [0.2, 0.25) is 0 Å². The van der Waals surface area contributed by atoms with Gasteiger partial charge in [0.1, 0.15) is 11.8 Å². The maximum absolute atomic E-state index is 10.6. The van der Waals surface area contributed by atoms with Crippen molar-refractivity contribution in [3.05, 3.63) is 29.8 Å². The second-order valence-electron chi connectivity index (χ2n) is 3.58. The number of para-hydroxylation sites is 1. The second kappa shape index (κ2) is 6.12. The Balaban J connectivity index is 2.45. The first kappa shape index (κ1) is 12.5. The summed E-state index contributed by atoms with van der Waals surface area (Å²) in [6.07, 6.45) is 0.752. The Morgan fingerprint density at radius 2 is 2.19 bits per heavy atom. The molecule has 1 atom stereocenters. The lowest BCUT2D eigenvalue weighted by atomic mass is 10.1. The van der Waals surface area contributed by atoms with Crippen molar-refractivity contribution in [2.45, 2.75) is 19.4 Å². The fraction of sp³-hybridized carbons (Fsp3) is 0.417. The van der Waals surface area contributed by atoms with E-state index in [1.165, 1.54) is 0 Å². The van der Waals surface area contributed by atoms with Crippen molar-refractivity contribution >= 4 is 5.97 Å². The summed E-state index contributed by atoms with van der Waals surface area (Å²) < 4.78 is 5.21. The Morgan fingerprint density at radius 1 is 1.50 bits per heavy atom. The van der Waals surface area contributed by atoms with Crippen LogP contribution in [0.1, 0.15) is 12.5 Å². The predicted octanol–water partition coefficient (Wildman–Crippen LogP) is 1.30. The van der Waals surface area contributed by atoms with Gasteiger partial charge in [0.2, 0.25) is 0 Å². The highest BCUT2D eigenvalue weighted by molar-refractivity contribution is 5.72. The lowest BCUT2D eigenvalue weighted by Crippen LogP contribution is -2.35. The number of carbonyl (C=O) groups is 1. The molecular weight excluding hydrogens is 206 g/mol. The molecule has 1 aromatic rings. The van der Waals surface area contributed by atoms with E-state index in [-0.39, 0.29) is 0 Å². The van der Waals surface area contributed by atoms with Crippen LogP contribution >= 0.6 is 0 Å². The van der Waals surface area contributed by atoms with E-state index in [4.69, 9.17) is 9.84 Å². The second-order valence-corrected chi connectivity index (χ2v) is 3.58. The fourth-order valence-electron chi connectivity index (χ4n) is 1.42. The average molecular weight is 223 g/mol. The van der Waals surface area contributed by atoms with Crippen molar-refractivity contribution in [3.8, 4) is 5.75 Å². The van der Waals surface area contributed by atoms with E-state index in [1.54, 1.807) is 14.0 Å². The molecule has 0 saturated carbocycles. The smallest absolute Gasteiger partial charge is 0.320 e. The van der Waals surface area contributed by atoms with E-state index in [0.717, 1.165) is 17.7 Å². The monoisotopic (exact) mass is 223 g/mol. The molecule has 0 aliphatic rings. The van der Waals surface area contributed by atoms with Gasteiger partial charge in [-0.2, -0.15) is 0 Å². The molecule has 2 N–H and O–H groups in total. The molecule has 0 aliphatic carbocycles. The quantitative estimate of drug-likeness (QED) is 0.763. The van der Waals surface area contributed by atoms with Crippen LogP contribution in [0, 0.1) is 0 Å². The number of rotatable bonds is 6. The summed E-state index contributed by atoms with van der Waals surface area (Å²) in [5.74, 6) is 0.00676. The number of hydrogen-bond acceptors (Lipinski definition) is 3. The highest BCUT2D eigenvalue weighted by Crippen LogP contribution is 2.17. The molecule has 1 aromatic carbocycles. The van der Waals surface area contributed by atoms with Crippen molar-refractivity contribution in [2.75, 3.05) is 13.7 Å². The highest BCUT2D eigenvalue weighted by atomic mass is 16.5. The van der Waals surface area contributed by atoms with E-state index in [9.17, 15) is 4.79 Å². The first-order chi connectivity index (χ1) is 7.65.